The lowest BCUT2D eigenvalue weighted by molar-refractivity contribution is -0.132. The third-order valence-corrected chi connectivity index (χ3v) is 3.54. The minimum Gasteiger partial charge on any atom is -0.395 e. The molecule has 1 amide bonds. The summed E-state index contributed by atoms with van der Waals surface area (Å²) in [6.45, 7) is 4.87. The molecule has 16 heavy (non-hydrogen) atoms. The van der Waals surface area contributed by atoms with Gasteiger partial charge in [0.2, 0.25) is 5.91 Å². The van der Waals surface area contributed by atoms with Crippen molar-refractivity contribution in [1.82, 2.24) is 4.90 Å². The number of hydrogen-bond donors (Lipinski definition) is 1. The van der Waals surface area contributed by atoms with E-state index in [1.807, 2.05) is 4.90 Å². The minimum absolute atomic E-state index is 0.0820. The lowest BCUT2D eigenvalue weighted by Gasteiger charge is -2.20. The average molecular weight is 227 g/mol. The van der Waals surface area contributed by atoms with E-state index < -0.39 is 0 Å². The Morgan fingerprint density at radius 3 is 2.75 bits per heavy atom. The average Bonchev–Trinajstić information content (AvgIpc) is 2.53. The SMILES string of the molecule is CCCCCC[C@H]1C[C@@H](C)N(CCO)C1=O. The van der Waals surface area contributed by atoms with Crippen LogP contribution in [0.3, 0.4) is 0 Å². The monoisotopic (exact) mass is 227 g/mol. The standard InChI is InChI=1S/C13H25NO2/c1-3-4-5-6-7-12-10-11(2)14(8-9-15)13(12)16/h11-12,15H,3-10H2,1-2H3/t11-,12+/m1/s1. The maximum atomic E-state index is 12.0. The lowest BCUT2D eigenvalue weighted by Crippen LogP contribution is -2.34. The quantitative estimate of drug-likeness (QED) is 0.677. The van der Waals surface area contributed by atoms with Crippen LogP contribution in [0.2, 0.25) is 0 Å². The van der Waals surface area contributed by atoms with Gasteiger partial charge < -0.3 is 10.0 Å². The lowest BCUT2D eigenvalue weighted by atomic mass is 9.98. The predicted molar refractivity (Wildman–Crippen MR) is 65.1 cm³/mol. The molecule has 3 nitrogen and oxygen atoms in total. The van der Waals surface area contributed by atoms with Crippen LogP contribution in [-0.4, -0.2) is 35.1 Å². The van der Waals surface area contributed by atoms with Crippen molar-refractivity contribution < 1.29 is 9.90 Å². The fourth-order valence-electron chi connectivity index (χ4n) is 2.59. The van der Waals surface area contributed by atoms with Crippen LogP contribution < -0.4 is 0 Å². The van der Waals surface area contributed by atoms with Gasteiger partial charge in [0.25, 0.3) is 0 Å². The zero-order valence-corrected chi connectivity index (χ0v) is 10.6. The molecule has 0 spiro atoms. The Hall–Kier alpha value is -0.570. The van der Waals surface area contributed by atoms with Gasteiger partial charge in [-0.2, -0.15) is 0 Å². The second-order valence-corrected chi connectivity index (χ2v) is 4.89. The summed E-state index contributed by atoms with van der Waals surface area (Å²) in [5.74, 6) is 0.483. The minimum atomic E-state index is 0.0820. The number of nitrogens with zero attached hydrogens (tertiary/aromatic N) is 1. The normalized spacial score (nSPS) is 25.4. The molecule has 1 saturated heterocycles. The van der Waals surface area contributed by atoms with Crippen LogP contribution in [0.25, 0.3) is 0 Å². The number of amides is 1. The summed E-state index contributed by atoms with van der Waals surface area (Å²) < 4.78 is 0. The van der Waals surface area contributed by atoms with Gasteiger partial charge in [-0.3, -0.25) is 4.79 Å². The van der Waals surface area contributed by atoms with Crippen LogP contribution >= 0.6 is 0 Å². The van der Waals surface area contributed by atoms with Gasteiger partial charge in [0.15, 0.2) is 0 Å². The summed E-state index contributed by atoms with van der Waals surface area (Å²) in [5.41, 5.74) is 0. The van der Waals surface area contributed by atoms with Gasteiger partial charge in [-0.05, 0) is 19.8 Å². The molecule has 0 unspecified atom stereocenters. The number of aliphatic hydroxyl groups is 1. The second-order valence-electron chi connectivity index (χ2n) is 4.89. The molecule has 0 aromatic rings. The molecular weight excluding hydrogens is 202 g/mol. The first-order chi connectivity index (χ1) is 7.70. The smallest absolute Gasteiger partial charge is 0.226 e. The summed E-state index contributed by atoms with van der Waals surface area (Å²) in [4.78, 5) is 13.8. The van der Waals surface area contributed by atoms with Gasteiger partial charge in [0, 0.05) is 18.5 Å². The van der Waals surface area contributed by atoms with Crippen LogP contribution in [-0.2, 0) is 4.79 Å². The molecule has 1 aliphatic rings. The molecule has 0 bridgehead atoms. The third-order valence-electron chi connectivity index (χ3n) is 3.54. The molecular formula is C13H25NO2. The zero-order valence-electron chi connectivity index (χ0n) is 10.6. The molecule has 1 fully saturated rings. The van der Waals surface area contributed by atoms with Gasteiger partial charge in [0.05, 0.1) is 6.61 Å². The Kier molecular flexibility index (Phi) is 5.81. The number of β-amino-alcohol motifs (C(OH)–C–C–N with tert-alkyl or cyclic N) is 1. The van der Waals surface area contributed by atoms with Crippen LogP contribution in [0.1, 0.15) is 52.4 Å². The molecule has 0 radical (unpaired) electrons. The van der Waals surface area contributed by atoms with E-state index in [0.717, 1.165) is 12.8 Å². The van der Waals surface area contributed by atoms with Crippen molar-refractivity contribution in [2.75, 3.05) is 13.2 Å². The first-order valence-electron chi connectivity index (χ1n) is 6.62. The number of carbonyl (C=O) groups excluding carboxylic acids is 1. The van der Waals surface area contributed by atoms with Crippen LogP contribution in [0.15, 0.2) is 0 Å². The zero-order chi connectivity index (χ0) is 12.0. The fourth-order valence-corrected chi connectivity index (χ4v) is 2.59. The number of unbranched alkanes of at least 4 members (excludes halogenated alkanes) is 3. The second kappa shape index (κ2) is 6.89. The molecule has 1 aliphatic heterocycles. The molecule has 0 aromatic carbocycles. The third kappa shape index (κ3) is 3.48. The molecule has 94 valence electrons. The van der Waals surface area contributed by atoms with Gasteiger partial charge >= 0.3 is 0 Å². The fraction of sp³-hybridized carbons (Fsp3) is 0.923. The highest BCUT2D eigenvalue weighted by atomic mass is 16.3. The van der Waals surface area contributed by atoms with Crippen LogP contribution in [0, 0.1) is 5.92 Å². The summed E-state index contributed by atoms with van der Waals surface area (Å²) in [6.07, 6.45) is 6.94. The molecule has 0 aliphatic carbocycles. The van der Waals surface area contributed by atoms with Gasteiger partial charge in [-0.15, -0.1) is 0 Å². The molecule has 0 saturated carbocycles. The highest BCUT2D eigenvalue weighted by Crippen LogP contribution is 2.28. The highest BCUT2D eigenvalue weighted by molar-refractivity contribution is 5.81. The maximum absolute atomic E-state index is 12.0. The largest absolute Gasteiger partial charge is 0.395 e. The predicted octanol–water partition coefficient (Wildman–Crippen LogP) is 2.19. The Morgan fingerprint density at radius 1 is 1.38 bits per heavy atom. The van der Waals surface area contributed by atoms with E-state index in [4.69, 9.17) is 5.11 Å². The van der Waals surface area contributed by atoms with Crippen molar-refractivity contribution >= 4 is 5.91 Å². The van der Waals surface area contributed by atoms with Gasteiger partial charge in [0.1, 0.15) is 0 Å². The van der Waals surface area contributed by atoms with Gasteiger partial charge in [-0.1, -0.05) is 32.6 Å². The van der Waals surface area contributed by atoms with Crippen molar-refractivity contribution in [2.24, 2.45) is 5.92 Å². The number of aliphatic hydroxyl groups excluding tert-OH is 1. The molecule has 1 N–H and O–H groups in total. The van der Waals surface area contributed by atoms with E-state index >= 15 is 0 Å². The topological polar surface area (TPSA) is 40.5 Å². The van der Waals surface area contributed by atoms with Crippen molar-refractivity contribution in [1.29, 1.82) is 0 Å². The Labute approximate surface area is 98.8 Å². The Morgan fingerprint density at radius 2 is 2.12 bits per heavy atom. The van der Waals surface area contributed by atoms with E-state index in [1.54, 1.807) is 0 Å². The Balaban J connectivity index is 2.31. The number of carbonyl (C=O) groups is 1. The van der Waals surface area contributed by atoms with E-state index in [0.29, 0.717) is 12.6 Å². The Bertz CT molecular complexity index is 218. The van der Waals surface area contributed by atoms with Crippen molar-refractivity contribution in [3.63, 3.8) is 0 Å². The number of hydrogen-bond acceptors (Lipinski definition) is 2. The summed E-state index contributed by atoms with van der Waals surface area (Å²) in [6, 6.07) is 0.316. The highest BCUT2D eigenvalue weighted by Gasteiger charge is 2.35. The van der Waals surface area contributed by atoms with E-state index in [1.165, 1.54) is 25.7 Å². The van der Waals surface area contributed by atoms with Crippen LogP contribution in [0.5, 0.6) is 0 Å². The van der Waals surface area contributed by atoms with Crippen molar-refractivity contribution in [3.8, 4) is 0 Å². The molecule has 2 atom stereocenters. The summed E-state index contributed by atoms with van der Waals surface area (Å²) in [5, 5.41) is 8.90. The van der Waals surface area contributed by atoms with Crippen LogP contribution in [0.4, 0.5) is 0 Å². The van der Waals surface area contributed by atoms with Crippen molar-refractivity contribution in [2.45, 2.75) is 58.4 Å². The van der Waals surface area contributed by atoms with Crippen molar-refractivity contribution in [3.05, 3.63) is 0 Å². The van der Waals surface area contributed by atoms with E-state index in [-0.39, 0.29) is 18.4 Å². The summed E-state index contributed by atoms with van der Waals surface area (Å²) >= 11 is 0. The summed E-state index contributed by atoms with van der Waals surface area (Å²) in [7, 11) is 0. The van der Waals surface area contributed by atoms with E-state index in [2.05, 4.69) is 13.8 Å². The first kappa shape index (κ1) is 13.5. The van der Waals surface area contributed by atoms with E-state index in [9.17, 15) is 4.79 Å². The molecule has 1 rings (SSSR count). The number of likely N-dealkylation sites (tertiary alicyclic amines) is 1. The van der Waals surface area contributed by atoms with Gasteiger partial charge in [-0.25, -0.2) is 0 Å². The molecule has 1 heterocycles. The maximum Gasteiger partial charge on any atom is 0.226 e. The molecule has 0 aromatic heterocycles. The molecule has 3 heteroatoms. The first-order valence-corrected chi connectivity index (χ1v) is 6.62. The number of rotatable bonds is 7.